The SMILES string of the molecule is CCOC(=O)c1c(NC(=O)c2ccc(NS(=O)(=O)c3ccccc3)c(Cl)c2)sc2c1CCCC2. The maximum absolute atomic E-state index is 13.0. The quantitative estimate of drug-likeness (QED) is 0.401. The smallest absolute Gasteiger partial charge is 0.341 e. The molecule has 1 aliphatic carbocycles. The van der Waals surface area contributed by atoms with Gasteiger partial charge in [-0.2, -0.15) is 0 Å². The first-order valence-corrected chi connectivity index (χ1v) is 13.5. The summed E-state index contributed by atoms with van der Waals surface area (Å²) in [4.78, 5) is 26.8. The van der Waals surface area contributed by atoms with Crippen molar-refractivity contribution >= 4 is 55.5 Å². The van der Waals surface area contributed by atoms with E-state index in [1.54, 1.807) is 25.1 Å². The molecule has 10 heteroatoms. The lowest BCUT2D eigenvalue weighted by Crippen LogP contribution is -2.16. The topological polar surface area (TPSA) is 102 Å². The molecule has 0 fully saturated rings. The highest BCUT2D eigenvalue weighted by Gasteiger charge is 2.27. The highest BCUT2D eigenvalue weighted by Crippen LogP contribution is 2.39. The van der Waals surface area contributed by atoms with Gasteiger partial charge in [0.15, 0.2) is 0 Å². The number of benzene rings is 2. The third kappa shape index (κ3) is 5.11. The largest absolute Gasteiger partial charge is 0.462 e. The number of rotatable bonds is 7. The van der Waals surface area contributed by atoms with Gasteiger partial charge in [-0.3, -0.25) is 9.52 Å². The number of amides is 1. The van der Waals surface area contributed by atoms with Crippen LogP contribution in [-0.2, 0) is 27.6 Å². The van der Waals surface area contributed by atoms with Crippen molar-refractivity contribution in [2.24, 2.45) is 0 Å². The highest BCUT2D eigenvalue weighted by atomic mass is 35.5. The van der Waals surface area contributed by atoms with Crippen molar-refractivity contribution in [1.29, 1.82) is 0 Å². The van der Waals surface area contributed by atoms with Gasteiger partial charge in [-0.15, -0.1) is 11.3 Å². The van der Waals surface area contributed by atoms with Crippen molar-refractivity contribution in [3.63, 3.8) is 0 Å². The van der Waals surface area contributed by atoms with E-state index < -0.39 is 21.9 Å². The Morgan fingerprint density at radius 2 is 1.82 bits per heavy atom. The summed E-state index contributed by atoms with van der Waals surface area (Å²) >= 11 is 7.69. The number of nitrogens with one attached hydrogen (secondary N) is 2. The minimum absolute atomic E-state index is 0.0725. The van der Waals surface area contributed by atoms with Crippen LogP contribution in [0.1, 0.15) is 50.9 Å². The minimum atomic E-state index is -3.82. The molecule has 1 amide bonds. The van der Waals surface area contributed by atoms with E-state index in [0.29, 0.717) is 10.6 Å². The molecule has 178 valence electrons. The molecule has 1 aromatic heterocycles. The molecule has 1 aliphatic rings. The van der Waals surface area contributed by atoms with Gasteiger partial charge in [0, 0.05) is 10.4 Å². The van der Waals surface area contributed by atoms with Gasteiger partial charge in [0.25, 0.3) is 15.9 Å². The van der Waals surface area contributed by atoms with Crippen LogP contribution in [0.2, 0.25) is 5.02 Å². The van der Waals surface area contributed by atoms with Gasteiger partial charge in [-0.25, -0.2) is 13.2 Å². The van der Waals surface area contributed by atoms with Crippen molar-refractivity contribution in [2.75, 3.05) is 16.6 Å². The number of carbonyl (C=O) groups is 2. The maximum atomic E-state index is 13.0. The molecule has 2 N–H and O–H groups in total. The molecule has 7 nitrogen and oxygen atoms in total. The molecular weight excluding hydrogens is 496 g/mol. The average Bonchev–Trinajstić information content (AvgIpc) is 3.19. The summed E-state index contributed by atoms with van der Waals surface area (Å²) in [5, 5.41) is 3.36. The number of esters is 1. The standard InChI is InChI=1S/C24H23ClN2O5S2/c1-2-32-24(29)21-17-10-6-7-11-20(17)33-23(21)26-22(28)15-12-13-19(18(25)14-15)27-34(30,31)16-8-4-3-5-9-16/h3-5,8-9,12-14,27H,2,6-7,10-11H2,1H3,(H,26,28). The number of sulfonamides is 1. The predicted molar refractivity (Wildman–Crippen MR) is 134 cm³/mol. The number of anilines is 2. The zero-order chi connectivity index (χ0) is 24.3. The van der Waals surface area contributed by atoms with Crippen LogP contribution in [0.3, 0.4) is 0 Å². The number of thiophene rings is 1. The minimum Gasteiger partial charge on any atom is -0.462 e. The van der Waals surface area contributed by atoms with Crippen LogP contribution < -0.4 is 10.0 Å². The fourth-order valence-electron chi connectivity index (χ4n) is 3.79. The van der Waals surface area contributed by atoms with Crippen LogP contribution in [0.15, 0.2) is 53.4 Å². The number of hydrogen-bond donors (Lipinski definition) is 2. The molecule has 4 rings (SSSR count). The third-order valence-electron chi connectivity index (χ3n) is 5.41. The number of halogens is 1. The van der Waals surface area contributed by atoms with Crippen molar-refractivity contribution in [3.05, 3.63) is 75.1 Å². The number of hydrogen-bond acceptors (Lipinski definition) is 6. The molecule has 0 saturated heterocycles. The normalized spacial score (nSPS) is 13.1. The van der Waals surface area contributed by atoms with E-state index in [9.17, 15) is 18.0 Å². The van der Waals surface area contributed by atoms with E-state index >= 15 is 0 Å². The lowest BCUT2D eigenvalue weighted by Gasteiger charge is -2.13. The van der Waals surface area contributed by atoms with Crippen LogP contribution in [0.5, 0.6) is 0 Å². The van der Waals surface area contributed by atoms with Crippen LogP contribution in [0.4, 0.5) is 10.7 Å². The Labute approximate surface area is 207 Å². The molecule has 34 heavy (non-hydrogen) atoms. The molecule has 0 atom stereocenters. The maximum Gasteiger partial charge on any atom is 0.341 e. The van der Waals surface area contributed by atoms with Gasteiger partial charge in [0.05, 0.1) is 27.8 Å². The number of ether oxygens (including phenoxy) is 1. The molecule has 0 aliphatic heterocycles. The van der Waals surface area contributed by atoms with Gasteiger partial charge < -0.3 is 10.1 Å². The number of fused-ring (bicyclic) bond motifs is 1. The molecule has 0 saturated carbocycles. The summed E-state index contributed by atoms with van der Waals surface area (Å²) in [7, 11) is -3.82. The molecule has 3 aromatic rings. The molecule has 0 radical (unpaired) electrons. The Hall–Kier alpha value is -2.88. The second-order valence-electron chi connectivity index (χ2n) is 7.70. The van der Waals surface area contributed by atoms with Gasteiger partial charge in [-0.05, 0) is 68.5 Å². The summed E-state index contributed by atoms with van der Waals surface area (Å²) in [5.41, 5.74) is 1.76. The van der Waals surface area contributed by atoms with Crippen molar-refractivity contribution in [2.45, 2.75) is 37.5 Å². The van der Waals surface area contributed by atoms with Crippen molar-refractivity contribution < 1.29 is 22.7 Å². The monoisotopic (exact) mass is 518 g/mol. The van der Waals surface area contributed by atoms with E-state index in [0.717, 1.165) is 36.1 Å². The first kappa shape index (κ1) is 24.3. The lowest BCUT2D eigenvalue weighted by molar-refractivity contribution is 0.0526. The zero-order valence-electron chi connectivity index (χ0n) is 18.4. The van der Waals surface area contributed by atoms with E-state index in [1.165, 1.54) is 41.7 Å². The van der Waals surface area contributed by atoms with Gasteiger partial charge in [0.1, 0.15) is 5.00 Å². The Morgan fingerprint density at radius 1 is 1.09 bits per heavy atom. The molecule has 1 heterocycles. The highest BCUT2D eigenvalue weighted by molar-refractivity contribution is 7.92. The third-order valence-corrected chi connectivity index (χ3v) is 8.31. The fourth-order valence-corrected chi connectivity index (χ4v) is 6.45. The second-order valence-corrected chi connectivity index (χ2v) is 10.9. The lowest BCUT2D eigenvalue weighted by atomic mass is 9.95. The van der Waals surface area contributed by atoms with Gasteiger partial charge >= 0.3 is 5.97 Å². The van der Waals surface area contributed by atoms with Crippen LogP contribution in [0.25, 0.3) is 0 Å². The Morgan fingerprint density at radius 3 is 2.53 bits per heavy atom. The summed E-state index contributed by atoms with van der Waals surface area (Å²) in [6.07, 6.45) is 3.67. The van der Waals surface area contributed by atoms with E-state index in [1.807, 2.05) is 0 Å². The Kier molecular flexibility index (Phi) is 7.25. The predicted octanol–water partition coefficient (Wildman–Crippen LogP) is 5.51. The van der Waals surface area contributed by atoms with Gasteiger partial charge in [-0.1, -0.05) is 29.8 Å². The molecule has 0 bridgehead atoms. The Bertz CT molecular complexity index is 1340. The summed E-state index contributed by atoms with van der Waals surface area (Å²) < 4.78 is 32.8. The number of carbonyl (C=O) groups excluding carboxylic acids is 2. The second kappa shape index (κ2) is 10.2. The number of aryl methyl sites for hydroxylation is 1. The van der Waals surface area contributed by atoms with Crippen LogP contribution >= 0.6 is 22.9 Å². The Balaban J connectivity index is 1.56. The average molecular weight is 519 g/mol. The van der Waals surface area contributed by atoms with Crippen molar-refractivity contribution in [1.82, 2.24) is 0 Å². The van der Waals surface area contributed by atoms with Crippen LogP contribution in [0, 0.1) is 0 Å². The molecular formula is C24H23ClN2O5S2. The van der Waals surface area contributed by atoms with Crippen molar-refractivity contribution in [3.8, 4) is 0 Å². The molecule has 0 unspecified atom stereocenters. The first-order chi connectivity index (χ1) is 16.3. The summed E-state index contributed by atoms with van der Waals surface area (Å²) in [6.45, 7) is 1.98. The summed E-state index contributed by atoms with van der Waals surface area (Å²) in [5.74, 6) is -0.899. The zero-order valence-corrected chi connectivity index (χ0v) is 20.8. The first-order valence-electron chi connectivity index (χ1n) is 10.8. The summed E-state index contributed by atoms with van der Waals surface area (Å²) in [6, 6.07) is 12.2. The van der Waals surface area contributed by atoms with E-state index in [4.69, 9.17) is 16.3 Å². The molecule has 2 aromatic carbocycles. The van der Waals surface area contributed by atoms with Gasteiger partial charge in [0.2, 0.25) is 0 Å². The van der Waals surface area contributed by atoms with E-state index in [-0.39, 0.29) is 27.8 Å². The molecule has 0 spiro atoms. The van der Waals surface area contributed by atoms with E-state index in [2.05, 4.69) is 10.0 Å². The van der Waals surface area contributed by atoms with Crippen LogP contribution in [-0.4, -0.2) is 26.9 Å². The fraction of sp³-hybridized carbons (Fsp3) is 0.250.